The van der Waals surface area contributed by atoms with E-state index in [0.717, 1.165) is 16.7 Å². The molecule has 1 aromatic heterocycles. The van der Waals surface area contributed by atoms with Gasteiger partial charge in [0, 0.05) is 22.5 Å². The number of rotatable bonds is 2. The quantitative estimate of drug-likeness (QED) is 0.565. The molecule has 1 nitrogen and oxygen atoms in total. The second-order valence-corrected chi connectivity index (χ2v) is 5.82. The first kappa shape index (κ1) is 15.6. The van der Waals surface area contributed by atoms with Gasteiger partial charge >= 0.3 is 0 Å². The molecule has 0 aliphatic heterocycles. The molecule has 1 heterocycles. The van der Waals surface area contributed by atoms with Gasteiger partial charge in [0.25, 0.3) is 0 Å². The van der Waals surface area contributed by atoms with Crippen LogP contribution < -0.4 is 0 Å². The van der Waals surface area contributed by atoms with Crippen LogP contribution in [0.4, 0.5) is 8.78 Å². The van der Waals surface area contributed by atoms with E-state index in [9.17, 15) is 8.78 Å². The van der Waals surface area contributed by atoms with Crippen molar-refractivity contribution in [3.8, 4) is 22.3 Å². The molecule has 3 aromatic rings. The molecule has 0 atom stereocenters. The van der Waals surface area contributed by atoms with E-state index < -0.39 is 11.6 Å². The lowest BCUT2D eigenvalue weighted by Gasteiger charge is -2.16. The van der Waals surface area contributed by atoms with Crippen molar-refractivity contribution in [2.75, 3.05) is 0 Å². The van der Waals surface area contributed by atoms with Crippen molar-refractivity contribution in [3.05, 3.63) is 76.6 Å². The number of hydrogen-bond acceptors (Lipinski definition) is 1. The van der Waals surface area contributed by atoms with Gasteiger partial charge in [-0.2, -0.15) is 0 Å². The van der Waals surface area contributed by atoms with Gasteiger partial charge in [-0.1, -0.05) is 29.8 Å². The lowest BCUT2D eigenvalue weighted by atomic mass is 9.90. The average Bonchev–Trinajstić information content (AvgIpc) is 2.52. The third-order valence-corrected chi connectivity index (χ3v) is 4.06. The third-order valence-electron chi connectivity index (χ3n) is 3.80. The molecule has 0 saturated heterocycles. The lowest BCUT2D eigenvalue weighted by molar-refractivity contribution is 0.589. The fourth-order valence-corrected chi connectivity index (χ4v) is 2.86. The maximum Gasteiger partial charge on any atom is 0.134 e. The molecule has 0 bridgehead atoms. The monoisotopic (exact) mass is 329 g/mol. The van der Waals surface area contributed by atoms with Crippen LogP contribution in [0.1, 0.15) is 11.3 Å². The smallest absolute Gasteiger partial charge is 0.134 e. The fraction of sp³-hybridized carbons (Fsp3) is 0.105. The number of benzene rings is 2. The largest absolute Gasteiger partial charge is 0.261 e. The molecule has 0 saturated carbocycles. The minimum atomic E-state index is -0.601. The highest BCUT2D eigenvalue weighted by molar-refractivity contribution is 6.30. The third kappa shape index (κ3) is 2.84. The Balaban J connectivity index is 2.37. The summed E-state index contributed by atoms with van der Waals surface area (Å²) in [5.74, 6) is -1.20. The molecule has 0 radical (unpaired) electrons. The summed E-state index contributed by atoms with van der Waals surface area (Å²) in [6.07, 6.45) is 1.71. The van der Waals surface area contributed by atoms with Gasteiger partial charge in [0.1, 0.15) is 11.6 Å². The Hall–Kier alpha value is -2.26. The van der Waals surface area contributed by atoms with Crippen LogP contribution in [0.5, 0.6) is 0 Å². The molecule has 4 heteroatoms. The van der Waals surface area contributed by atoms with Crippen LogP contribution in [0.2, 0.25) is 5.02 Å². The van der Waals surface area contributed by atoms with Gasteiger partial charge < -0.3 is 0 Å². The minimum absolute atomic E-state index is 0.0499. The fourth-order valence-electron chi connectivity index (χ4n) is 2.73. The first-order valence-electron chi connectivity index (χ1n) is 7.15. The van der Waals surface area contributed by atoms with Crippen molar-refractivity contribution in [3.63, 3.8) is 0 Å². The standard InChI is InChI=1S/C19H14ClF2N/c1-11-10-23-12(2)18(19-15(21)4-3-5-16(19)22)17(11)13-6-8-14(20)9-7-13/h3-10H,1-2H3. The predicted octanol–water partition coefficient (Wildman–Crippen LogP) is 5.96. The van der Waals surface area contributed by atoms with Crippen LogP contribution in [0, 0.1) is 25.5 Å². The van der Waals surface area contributed by atoms with Crippen molar-refractivity contribution >= 4 is 11.6 Å². The van der Waals surface area contributed by atoms with Gasteiger partial charge in [0.05, 0.1) is 5.56 Å². The van der Waals surface area contributed by atoms with Gasteiger partial charge in [-0.3, -0.25) is 4.98 Å². The molecule has 116 valence electrons. The van der Waals surface area contributed by atoms with E-state index in [-0.39, 0.29) is 5.56 Å². The normalized spacial score (nSPS) is 10.8. The summed E-state index contributed by atoms with van der Waals surface area (Å²) in [7, 11) is 0. The number of halogens is 3. The summed E-state index contributed by atoms with van der Waals surface area (Å²) in [6, 6.07) is 11.1. The molecule has 0 spiro atoms. The summed E-state index contributed by atoms with van der Waals surface area (Å²) in [5, 5.41) is 0.607. The number of nitrogens with zero attached hydrogens (tertiary/aromatic N) is 1. The SMILES string of the molecule is Cc1cnc(C)c(-c2c(F)cccc2F)c1-c1ccc(Cl)cc1. The van der Waals surface area contributed by atoms with Gasteiger partial charge in [-0.05, 0) is 54.8 Å². The Bertz CT molecular complexity index is 853. The Morgan fingerprint density at radius 1 is 0.826 bits per heavy atom. The highest BCUT2D eigenvalue weighted by Crippen LogP contribution is 2.38. The highest BCUT2D eigenvalue weighted by atomic mass is 35.5. The molecule has 0 N–H and O–H groups in total. The second kappa shape index (κ2) is 6.09. The highest BCUT2D eigenvalue weighted by Gasteiger charge is 2.20. The lowest BCUT2D eigenvalue weighted by Crippen LogP contribution is -1.99. The van der Waals surface area contributed by atoms with Crippen LogP contribution in [0.25, 0.3) is 22.3 Å². The maximum absolute atomic E-state index is 14.3. The summed E-state index contributed by atoms with van der Waals surface area (Å²) in [6.45, 7) is 3.62. The zero-order chi connectivity index (χ0) is 16.6. The molecule has 0 unspecified atom stereocenters. The number of hydrogen-bond donors (Lipinski definition) is 0. The first-order valence-corrected chi connectivity index (χ1v) is 7.53. The molecule has 0 aliphatic carbocycles. The van der Waals surface area contributed by atoms with E-state index in [4.69, 9.17) is 11.6 Å². The van der Waals surface area contributed by atoms with Crippen molar-refractivity contribution in [1.29, 1.82) is 0 Å². The van der Waals surface area contributed by atoms with Crippen LogP contribution in [-0.4, -0.2) is 4.98 Å². The molecular weight excluding hydrogens is 316 g/mol. The Kier molecular flexibility index (Phi) is 4.14. The Morgan fingerprint density at radius 2 is 1.43 bits per heavy atom. The van der Waals surface area contributed by atoms with Crippen molar-refractivity contribution in [2.45, 2.75) is 13.8 Å². The summed E-state index contributed by atoms with van der Waals surface area (Å²) in [4.78, 5) is 4.28. The van der Waals surface area contributed by atoms with E-state index in [1.165, 1.54) is 18.2 Å². The average molecular weight is 330 g/mol. The number of pyridine rings is 1. The molecular formula is C19H14ClF2N. The topological polar surface area (TPSA) is 12.9 Å². The number of aromatic nitrogens is 1. The first-order chi connectivity index (χ1) is 11.0. The van der Waals surface area contributed by atoms with E-state index in [2.05, 4.69) is 4.98 Å². The molecule has 2 aromatic carbocycles. The van der Waals surface area contributed by atoms with Crippen LogP contribution in [-0.2, 0) is 0 Å². The van der Waals surface area contributed by atoms with Gasteiger partial charge in [-0.15, -0.1) is 0 Å². The summed E-state index contributed by atoms with van der Waals surface area (Å²) >= 11 is 5.95. The molecule has 0 fully saturated rings. The zero-order valence-electron chi connectivity index (χ0n) is 12.7. The van der Waals surface area contributed by atoms with Crippen molar-refractivity contribution in [1.82, 2.24) is 4.98 Å². The summed E-state index contributed by atoms with van der Waals surface area (Å²) < 4.78 is 28.6. The maximum atomic E-state index is 14.3. The van der Waals surface area contributed by atoms with Crippen molar-refractivity contribution < 1.29 is 8.78 Å². The minimum Gasteiger partial charge on any atom is -0.261 e. The molecule has 0 aliphatic rings. The molecule has 23 heavy (non-hydrogen) atoms. The van der Waals surface area contributed by atoms with Gasteiger partial charge in [0.15, 0.2) is 0 Å². The van der Waals surface area contributed by atoms with E-state index in [1.807, 2.05) is 19.1 Å². The molecule has 0 amide bonds. The van der Waals surface area contributed by atoms with E-state index in [1.54, 1.807) is 25.3 Å². The van der Waals surface area contributed by atoms with E-state index in [0.29, 0.717) is 16.3 Å². The van der Waals surface area contributed by atoms with Gasteiger partial charge in [0.2, 0.25) is 0 Å². The van der Waals surface area contributed by atoms with Crippen LogP contribution in [0.15, 0.2) is 48.7 Å². The number of aryl methyl sites for hydroxylation is 2. The Morgan fingerprint density at radius 3 is 2.04 bits per heavy atom. The van der Waals surface area contributed by atoms with Crippen molar-refractivity contribution in [2.24, 2.45) is 0 Å². The zero-order valence-corrected chi connectivity index (χ0v) is 13.5. The predicted molar refractivity (Wildman–Crippen MR) is 89.5 cm³/mol. The van der Waals surface area contributed by atoms with Crippen LogP contribution in [0.3, 0.4) is 0 Å². The summed E-state index contributed by atoms with van der Waals surface area (Å²) in [5.41, 5.74) is 3.45. The second-order valence-electron chi connectivity index (χ2n) is 5.38. The van der Waals surface area contributed by atoms with Crippen LogP contribution >= 0.6 is 11.6 Å². The van der Waals surface area contributed by atoms with E-state index >= 15 is 0 Å². The van der Waals surface area contributed by atoms with Gasteiger partial charge in [-0.25, -0.2) is 8.78 Å². The Labute approximate surface area is 138 Å². The molecule has 3 rings (SSSR count).